The van der Waals surface area contributed by atoms with Gasteiger partial charge in [0, 0.05) is 61.7 Å². The average Bonchev–Trinajstić information content (AvgIpc) is 2.89. The number of nitrogens with two attached hydrogens (primary N) is 1. The molecule has 0 bridgehead atoms. The molecule has 2 aliphatic rings. The van der Waals surface area contributed by atoms with Gasteiger partial charge in [-0.3, -0.25) is 4.79 Å². The molecule has 2 aromatic carbocycles. The molecule has 2 heterocycles. The number of rotatable bonds is 6. The largest absolute Gasteiger partial charge is 0.371 e. The van der Waals surface area contributed by atoms with Crippen LogP contribution in [0.15, 0.2) is 48.5 Å². The minimum Gasteiger partial charge on any atom is -0.371 e. The molecular formula is C28H46N6O. The second kappa shape index (κ2) is 14.2. The summed E-state index contributed by atoms with van der Waals surface area (Å²) in [6.07, 6.45) is 5.82. The summed E-state index contributed by atoms with van der Waals surface area (Å²) in [5.41, 5.74) is 10.1. The fraction of sp³-hybridized carbons (Fsp3) is 0.536. The van der Waals surface area contributed by atoms with E-state index in [4.69, 9.17) is 5.73 Å². The number of hydrogen-bond acceptors (Lipinski definition) is 7. The van der Waals surface area contributed by atoms with E-state index in [1.54, 1.807) is 0 Å². The first-order chi connectivity index (χ1) is 16.4. The van der Waals surface area contributed by atoms with Crippen LogP contribution in [-0.4, -0.2) is 82.5 Å². The number of carbonyl (C=O) groups excluding carboxylic acids is 1. The van der Waals surface area contributed by atoms with Crippen LogP contribution in [-0.2, 0) is 6.54 Å². The smallest absolute Gasteiger partial charge is 0.150 e. The zero-order valence-corrected chi connectivity index (χ0v) is 22.2. The molecule has 0 unspecified atom stereocenters. The molecule has 0 atom stereocenters. The van der Waals surface area contributed by atoms with Crippen LogP contribution in [0, 0.1) is 0 Å². The Balaban J connectivity index is 0.000000240. The Kier molecular flexibility index (Phi) is 11.7. The maximum atomic E-state index is 10.6. The minimum absolute atomic E-state index is 0. The third-order valence-corrected chi connectivity index (χ3v) is 7.32. The van der Waals surface area contributed by atoms with Gasteiger partial charge in [-0.05, 0) is 95.8 Å². The Hall–Kier alpha value is -2.45. The van der Waals surface area contributed by atoms with E-state index in [0.29, 0.717) is 12.6 Å². The molecule has 0 amide bonds. The highest BCUT2D eigenvalue weighted by atomic mass is 16.1. The van der Waals surface area contributed by atoms with Crippen LogP contribution in [0.3, 0.4) is 0 Å². The molecule has 0 saturated carbocycles. The molecule has 35 heavy (non-hydrogen) atoms. The van der Waals surface area contributed by atoms with E-state index in [1.165, 1.54) is 42.6 Å². The Morgan fingerprint density at radius 2 is 1.11 bits per heavy atom. The fourth-order valence-corrected chi connectivity index (χ4v) is 4.89. The summed E-state index contributed by atoms with van der Waals surface area (Å²) < 4.78 is 0. The van der Waals surface area contributed by atoms with E-state index in [9.17, 15) is 4.79 Å². The summed E-state index contributed by atoms with van der Waals surface area (Å²) in [6.45, 7) is 5.14. The number of benzene rings is 2. The Morgan fingerprint density at radius 3 is 1.43 bits per heavy atom. The van der Waals surface area contributed by atoms with Gasteiger partial charge < -0.3 is 31.5 Å². The molecule has 0 radical (unpaired) electrons. The van der Waals surface area contributed by atoms with Crippen LogP contribution in [0.2, 0.25) is 0 Å². The lowest BCUT2D eigenvalue weighted by Crippen LogP contribution is -2.41. The summed E-state index contributed by atoms with van der Waals surface area (Å²) in [7, 11) is 8.66. The molecule has 7 nitrogen and oxygen atoms in total. The van der Waals surface area contributed by atoms with Crippen molar-refractivity contribution in [1.82, 2.24) is 16.0 Å². The number of anilines is 2. The Morgan fingerprint density at radius 1 is 0.743 bits per heavy atom. The van der Waals surface area contributed by atoms with Crippen LogP contribution in [0.4, 0.5) is 11.4 Å². The molecular weight excluding hydrogens is 436 g/mol. The maximum absolute atomic E-state index is 10.6. The SMILES string of the molecule is CN(C)C1CCN(c2ccc(C=O)cc2)CC1.CN(C)C1CCN(c2ccc(CN)cc2)CC1.N. The van der Waals surface area contributed by atoms with Gasteiger partial charge in [0.1, 0.15) is 6.29 Å². The Bertz CT molecular complexity index is 852. The maximum Gasteiger partial charge on any atom is 0.150 e. The second-order valence-electron chi connectivity index (χ2n) is 9.94. The van der Waals surface area contributed by atoms with Crippen molar-refractivity contribution >= 4 is 17.7 Å². The van der Waals surface area contributed by atoms with Gasteiger partial charge in [0.15, 0.2) is 0 Å². The first-order valence-electron chi connectivity index (χ1n) is 12.6. The summed E-state index contributed by atoms with van der Waals surface area (Å²) >= 11 is 0. The number of hydrogen-bond donors (Lipinski definition) is 2. The zero-order chi connectivity index (χ0) is 24.5. The average molecular weight is 483 g/mol. The van der Waals surface area contributed by atoms with E-state index in [1.807, 2.05) is 24.3 Å². The predicted octanol–water partition coefficient (Wildman–Crippen LogP) is 3.87. The van der Waals surface area contributed by atoms with E-state index in [0.717, 1.165) is 44.1 Å². The summed E-state index contributed by atoms with van der Waals surface area (Å²) in [6, 6.07) is 18.0. The first-order valence-corrected chi connectivity index (χ1v) is 12.6. The molecule has 4 rings (SSSR count). The van der Waals surface area contributed by atoms with Gasteiger partial charge in [-0.2, -0.15) is 0 Å². The van der Waals surface area contributed by atoms with Crippen molar-refractivity contribution in [3.63, 3.8) is 0 Å². The monoisotopic (exact) mass is 482 g/mol. The molecule has 2 aliphatic heterocycles. The molecule has 0 aliphatic carbocycles. The summed E-state index contributed by atoms with van der Waals surface area (Å²) in [5, 5.41) is 0. The lowest BCUT2D eigenvalue weighted by Gasteiger charge is -2.36. The van der Waals surface area contributed by atoms with Gasteiger partial charge in [-0.25, -0.2) is 0 Å². The van der Waals surface area contributed by atoms with E-state index < -0.39 is 0 Å². The molecule has 7 heteroatoms. The number of piperidine rings is 2. The molecule has 2 aromatic rings. The summed E-state index contributed by atoms with van der Waals surface area (Å²) in [5.74, 6) is 0. The lowest BCUT2D eigenvalue weighted by molar-refractivity contribution is 0.112. The van der Waals surface area contributed by atoms with Crippen molar-refractivity contribution in [3.05, 3.63) is 59.7 Å². The van der Waals surface area contributed by atoms with Crippen LogP contribution in [0.25, 0.3) is 0 Å². The van der Waals surface area contributed by atoms with Gasteiger partial charge in [0.2, 0.25) is 0 Å². The van der Waals surface area contributed by atoms with Crippen molar-refractivity contribution in [1.29, 1.82) is 0 Å². The molecule has 0 aromatic heterocycles. The third-order valence-electron chi connectivity index (χ3n) is 7.32. The van der Waals surface area contributed by atoms with E-state index in [2.05, 4.69) is 72.1 Å². The molecule has 194 valence electrons. The van der Waals surface area contributed by atoms with Crippen molar-refractivity contribution in [3.8, 4) is 0 Å². The molecule has 2 saturated heterocycles. The fourth-order valence-electron chi connectivity index (χ4n) is 4.89. The highest BCUT2D eigenvalue weighted by molar-refractivity contribution is 5.75. The quantitative estimate of drug-likeness (QED) is 0.604. The zero-order valence-electron chi connectivity index (χ0n) is 22.2. The standard InChI is InChI=1S/C14H23N3.C14H20N2O.H3N/c1-16(2)13-7-9-17(10-8-13)14-5-3-12(11-15)4-6-14;1-15(2)13-7-9-16(10-8-13)14-5-3-12(11-17)4-6-14;/h3-6,13H,7-11,15H2,1-2H3;3-6,11,13H,7-10H2,1-2H3;1H3. The van der Waals surface area contributed by atoms with Crippen molar-refractivity contribution in [2.75, 3.05) is 64.2 Å². The second-order valence-corrected chi connectivity index (χ2v) is 9.94. The highest BCUT2D eigenvalue weighted by Gasteiger charge is 2.21. The number of nitrogens with zero attached hydrogens (tertiary/aromatic N) is 4. The molecule has 5 N–H and O–H groups in total. The van der Waals surface area contributed by atoms with Gasteiger partial charge in [-0.15, -0.1) is 0 Å². The third kappa shape index (κ3) is 8.32. The topological polar surface area (TPSA) is 91.0 Å². The highest BCUT2D eigenvalue weighted by Crippen LogP contribution is 2.23. The van der Waals surface area contributed by atoms with Crippen molar-refractivity contribution < 1.29 is 4.79 Å². The molecule has 0 spiro atoms. The number of carbonyl (C=O) groups is 1. The number of aldehydes is 1. The normalized spacial score (nSPS) is 17.1. The van der Waals surface area contributed by atoms with Gasteiger partial charge in [0.25, 0.3) is 0 Å². The van der Waals surface area contributed by atoms with Crippen LogP contribution >= 0.6 is 0 Å². The van der Waals surface area contributed by atoms with Gasteiger partial charge in [0.05, 0.1) is 0 Å². The van der Waals surface area contributed by atoms with Crippen LogP contribution in [0.5, 0.6) is 0 Å². The van der Waals surface area contributed by atoms with Crippen LogP contribution in [0.1, 0.15) is 41.6 Å². The Labute approximate surface area is 212 Å². The molecule has 2 fully saturated rings. The van der Waals surface area contributed by atoms with Crippen molar-refractivity contribution in [2.45, 2.75) is 44.3 Å². The van der Waals surface area contributed by atoms with Gasteiger partial charge in [-0.1, -0.05) is 12.1 Å². The van der Waals surface area contributed by atoms with E-state index in [-0.39, 0.29) is 6.15 Å². The van der Waals surface area contributed by atoms with Crippen LogP contribution < -0.4 is 21.7 Å². The summed E-state index contributed by atoms with van der Waals surface area (Å²) in [4.78, 5) is 20.1. The van der Waals surface area contributed by atoms with E-state index >= 15 is 0 Å². The first kappa shape index (κ1) is 28.8. The predicted molar refractivity (Wildman–Crippen MR) is 149 cm³/mol. The minimum atomic E-state index is 0. The van der Waals surface area contributed by atoms with Gasteiger partial charge >= 0.3 is 0 Å². The van der Waals surface area contributed by atoms with Crippen molar-refractivity contribution in [2.24, 2.45) is 5.73 Å². The lowest BCUT2D eigenvalue weighted by atomic mass is 10.0.